The summed E-state index contributed by atoms with van der Waals surface area (Å²) >= 11 is 3.37. The molecule has 0 saturated heterocycles. The molecule has 0 spiro atoms. The van der Waals surface area contributed by atoms with Crippen molar-refractivity contribution in [1.29, 1.82) is 0 Å². The number of aryl methyl sites for hydroxylation is 1. The van der Waals surface area contributed by atoms with Crippen LogP contribution in [0.2, 0.25) is 0 Å². The van der Waals surface area contributed by atoms with Crippen LogP contribution in [0, 0.1) is 13.8 Å². The third-order valence-electron chi connectivity index (χ3n) is 1.78. The molecule has 1 aromatic carbocycles. The fourth-order valence-electron chi connectivity index (χ4n) is 1.06. The van der Waals surface area contributed by atoms with E-state index in [1.807, 2.05) is 25.1 Å². The largest absolute Gasteiger partial charge is 0.250 e. The van der Waals surface area contributed by atoms with Gasteiger partial charge in [-0.2, -0.15) is 0 Å². The number of hydrogen-bond acceptors (Lipinski definition) is 0. The van der Waals surface area contributed by atoms with Crippen molar-refractivity contribution in [2.45, 2.75) is 12.8 Å². The van der Waals surface area contributed by atoms with Crippen LogP contribution in [0.3, 0.4) is 0 Å². The predicted molar refractivity (Wildman–Crippen MR) is 53.0 cm³/mol. The van der Waals surface area contributed by atoms with E-state index < -0.39 is 6.67 Å². The van der Waals surface area contributed by atoms with Gasteiger partial charge in [0.05, 0.1) is 6.67 Å². The van der Waals surface area contributed by atoms with E-state index >= 15 is 0 Å². The molecule has 65 valence electrons. The maximum Gasteiger partial charge on any atom is 0.0963 e. The van der Waals surface area contributed by atoms with Crippen LogP contribution >= 0.6 is 15.9 Å². The third-order valence-corrected chi connectivity index (χ3v) is 2.50. The topological polar surface area (TPSA) is 0 Å². The quantitative estimate of drug-likeness (QED) is 0.727. The lowest BCUT2D eigenvalue weighted by Gasteiger charge is -2.10. The molecule has 1 aromatic rings. The first-order valence-corrected chi connectivity index (χ1v) is 4.59. The lowest BCUT2D eigenvalue weighted by molar-refractivity contribution is 0.464. The minimum Gasteiger partial charge on any atom is -0.250 e. The van der Waals surface area contributed by atoms with Crippen LogP contribution in [0.25, 0.3) is 0 Å². The molecule has 1 atom stereocenters. The number of halogens is 2. The average Bonchev–Trinajstić information content (AvgIpc) is 2.08. The second-order valence-corrected chi connectivity index (χ2v) is 3.73. The molecule has 0 fully saturated rings. The first kappa shape index (κ1) is 9.72. The van der Waals surface area contributed by atoms with Crippen molar-refractivity contribution in [3.63, 3.8) is 0 Å². The SMILES string of the molecule is [CH2]C(CF)c1cc(C)ccc1Br. The van der Waals surface area contributed by atoms with Crippen molar-refractivity contribution in [2.75, 3.05) is 6.67 Å². The Morgan fingerprint density at radius 2 is 2.25 bits per heavy atom. The minimum absolute atomic E-state index is 0.265. The van der Waals surface area contributed by atoms with Crippen LogP contribution in [0.15, 0.2) is 22.7 Å². The van der Waals surface area contributed by atoms with Crippen LogP contribution in [0.5, 0.6) is 0 Å². The summed E-state index contributed by atoms with van der Waals surface area (Å²) in [5, 5.41) is 0. The van der Waals surface area contributed by atoms with E-state index in [2.05, 4.69) is 22.9 Å². The molecule has 0 saturated carbocycles. The smallest absolute Gasteiger partial charge is 0.0963 e. The van der Waals surface area contributed by atoms with E-state index in [1.54, 1.807) is 0 Å². The van der Waals surface area contributed by atoms with Crippen molar-refractivity contribution in [1.82, 2.24) is 0 Å². The van der Waals surface area contributed by atoms with E-state index in [-0.39, 0.29) is 5.92 Å². The molecule has 0 aliphatic heterocycles. The van der Waals surface area contributed by atoms with Crippen LogP contribution in [-0.4, -0.2) is 6.67 Å². The molecule has 0 nitrogen and oxygen atoms in total. The van der Waals surface area contributed by atoms with E-state index in [0.717, 1.165) is 15.6 Å². The molecule has 0 N–H and O–H groups in total. The Hall–Kier alpha value is -0.370. The van der Waals surface area contributed by atoms with Gasteiger partial charge in [-0.15, -0.1) is 0 Å². The first-order chi connectivity index (χ1) is 5.65. The Kier molecular flexibility index (Phi) is 3.27. The normalized spacial score (nSPS) is 13.0. The summed E-state index contributed by atoms with van der Waals surface area (Å²) in [6.45, 7) is 5.30. The summed E-state index contributed by atoms with van der Waals surface area (Å²) < 4.78 is 13.2. The monoisotopic (exact) mass is 229 g/mol. The molecule has 1 unspecified atom stereocenters. The van der Waals surface area contributed by atoms with Crippen molar-refractivity contribution in [2.24, 2.45) is 0 Å². The number of rotatable bonds is 2. The fraction of sp³-hybridized carbons (Fsp3) is 0.300. The third kappa shape index (κ3) is 2.07. The molecule has 0 aliphatic rings. The number of alkyl halides is 1. The summed E-state index contributed by atoms with van der Waals surface area (Å²) in [4.78, 5) is 0. The summed E-state index contributed by atoms with van der Waals surface area (Å²) in [6.07, 6.45) is 0. The van der Waals surface area contributed by atoms with Crippen molar-refractivity contribution >= 4 is 15.9 Å². The van der Waals surface area contributed by atoms with Gasteiger partial charge in [-0.3, -0.25) is 4.39 Å². The van der Waals surface area contributed by atoms with Gasteiger partial charge in [0.15, 0.2) is 0 Å². The van der Waals surface area contributed by atoms with Crippen LogP contribution in [-0.2, 0) is 0 Å². The predicted octanol–water partition coefficient (Wildman–Crippen LogP) is 3.64. The molecule has 0 aliphatic carbocycles. The Balaban J connectivity index is 3.04. The Morgan fingerprint density at radius 1 is 1.58 bits per heavy atom. The summed E-state index contributed by atoms with van der Waals surface area (Å²) in [6, 6.07) is 5.87. The molecule has 12 heavy (non-hydrogen) atoms. The average molecular weight is 230 g/mol. The zero-order valence-corrected chi connectivity index (χ0v) is 8.57. The molecule has 0 aromatic heterocycles. The zero-order valence-electron chi connectivity index (χ0n) is 6.98. The molecule has 1 rings (SSSR count). The van der Waals surface area contributed by atoms with Gasteiger partial charge in [0.25, 0.3) is 0 Å². The van der Waals surface area contributed by atoms with Gasteiger partial charge in [-0.25, -0.2) is 0 Å². The number of benzene rings is 1. The molecule has 2 heteroatoms. The summed E-state index contributed by atoms with van der Waals surface area (Å²) in [5.41, 5.74) is 2.08. The second-order valence-electron chi connectivity index (χ2n) is 2.88. The highest BCUT2D eigenvalue weighted by atomic mass is 79.9. The van der Waals surface area contributed by atoms with Crippen LogP contribution < -0.4 is 0 Å². The minimum atomic E-state index is -0.415. The van der Waals surface area contributed by atoms with Gasteiger partial charge in [0.1, 0.15) is 0 Å². The first-order valence-electron chi connectivity index (χ1n) is 3.80. The molecular formula is C10H11BrF. The Morgan fingerprint density at radius 3 is 2.83 bits per heavy atom. The van der Waals surface area contributed by atoms with Gasteiger partial charge >= 0.3 is 0 Å². The van der Waals surface area contributed by atoms with Crippen molar-refractivity contribution < 1.29 is 4.39 Å². The van der Waals surface area contributed by atoms with Gasteiger partial charge in [-0.05, 0) is 25.5 Å². The van der Waals surface area contributed by atoms with E-state index in [4.69, 9.17) is 0 Å². The fourth-order valence-corrected chi connectivity index (χ4v) is 1.63. The standard InChI is InChI=1S/C10H11BrF/c1-7-3-4-10(11)9(5-7)8(2)6-12/h3-5,8H,2,6H2,1H3. The molecular weight excluding hydrogens is 219 g/mol. The van der Waals surface area contributed by atoms with Gasteiger partial charge < -0.3 is 0 Å². The number of hydrogen-bond donors (Lipinski definition) is 0. The maximum atomic E-state index is 12.3. The lowest BCUT2D eigenvalue weighted by atomic mass is 10.0. The van der Waals surface area contributed by atoms with Crippen molar-refractivity contribution in [3.05, 3.63) is 40.7 Å². The molecule has 0 amide bonds. The summed E-state index contributed by atoms with van der Waals surface area (Å²) in [5.74, 6) is -0.265. The van der Waals surface area contributed by atoms with Crippen molar-refractivity contribution in [3.8, 4) is 0 Å². The maximum absolute atomic E-state index is 12.3. The highest BCUT2D eigenvalue weighted by Crippen LogP contribution is 2.25. The van der Waals surface area contributed by atoms with E-state index in [0.29, 0.717) is 0 Å². The Bertz CT molecular complexity index is 271. The molecule has 0 heterocycles. The van der Waals surface area contributed by atoms with Gasteiger partial charge in [0, 0.05) is 10.4 Å². The van der Waals surface area contributed by atoms with Gasteiger partial charge in [-0.1, -0.05) is 33.6 Å². The van der Waals surface area contributed by atoms with Gasteiger partial charge in [0.2, 0.25) is 0 Å². The van der Waals surface area contributed by atoms with Crippen LogP contribution in [0.1, 0.15) is 17.0 Å². The second kappa shape index (κ2) is 4.04. The molecule has 1 radical (unpaired) electrons. The van der Waals surface area contributed by atoms with E-state index in [9.17, 15) is 4.39 Å². The zero-order chi connectivity index (χ0) is 9.14. The lowest BCUT2D eigenvalue weighted by Crippen LogP contribution is -1.97. The highest BCUT2D eigenvalue weighted by Gasteiger charge is 2.08. The highest BCUT2D eigenvalue weighted by molar-refractivity contribution is 9.10. The summed E-state index contributed by atoms with van der Waals surface area (Å²) in [7, 11) is 0. The van der Waals surface area contributed by atoms with Crippen LogP contribution in [0.4, 0.5) is 4.39 Å². The van der Waals surface area contributed by atoms with E-state index in [1.165, 1.54) is 0 Å². The Labute approximate surface area is 80.9 Å². The molecule has 0 bridgehead atoms.